The normalized spacial score (nSPS) is 26.0. The van der Waals surface area contributed by atoms with Crippen molar-refractivity contribution in [3.63, 3.8) is 0 Å². The van der Waals surface area contributed by atoms with E-state index in [4.69, 9.17) is 6.42 Å². The molecule has 0 saturated heterocycles. The van der Waals surface area contributed by atoms with E-state index < -0.39 is 0 Å². The molecule has 16 heavy (non-hydrogen) atoms. The summed E-state index contributed by atoms with van der Waals surface area (Å²) in [5.41, 5.74) is 0.486. The Labute approximate surface area is 101 Å². The first kappa shape index (κ1) is 13.6. The average Bonchev–Trinajstić information content (AvgIpc) is 2.24. The van der Waals surface area contributed by atoms with Gasteiger partial charge in [0.15, 0.2) is 0 Å². The number of hydrogen-bond donors (Lipinski definition) is 1. The topological polar surface area (TPSA) is 12.0 Å². The van der Waals surface area contributed by atoms with E-state index in [0.29, 0.717) is 11.5 Å². The second-order valence-electron chi connectivity index (χ2n) is 5.75. The van der Waals surface area contributed by atoms with E-state index in [-0.39, 0.29) is 0 Å². The van der Waals surface area contributed by atoms with Crippen LogP contribution in [0.2, 0.25) is 0 Å². The number of rotatable bonds is 5. The molecule has 1 nitrogen and oxygen atoms in total. The maximum absolute atomic E-state index is 5.39. The van der Waals surface area contributed by atoms with Crippen LogP contribution in [0.15, 0.2) is 0 Å². The first-order valence-electron chi connectivity index (χ1n) is 6.78. The van der Waals surface area contributed by atoms with E-state index >= 15 is 0 Å². The summed E-state index contributed by atoms with van der Waals surface area (Å²) in [6.07, 6.45) is 13.0. The van der Waals surface area contributed by atoms with Gasteiger partial charge in [-0.15, -0.1) is 12.3 Å². The first-order chi connectivity index (χ1) is 7.61. The molecule has 1 heteroatoms. The number of hydrogen-bond acceptors (Lipinski definition) is 1. The minimum atomic E-state index is 0.486. The highest BCUT2D eigenvalue weighted by molar-refractivity contribution is 4.93. The van der Waals surface area contributed by atoms with Crippen molar-refractivity contribution < 1.29 is 0 Å². The molecule has 0 aromatic carbocycles. The lowest BCUT2D eigenvalue weighted by molar-refractivity contribution is 0.0959. The predicted molar refractivity (Wildman–Crippen MR) is 71.3 cm³/mol. The summed E-state index contributed by atoms with van der Waals surface area (Å²) in [6, 6.07) is 0.622. The monoisotopic (exact) mass is 221 g/mol. The summed E-state index contributed by atoms with van der Waals surface area (Å²) in [7, 11) is 0. The van der Waals surface area contributed by atoms with Gasteiger partial charge in [-0.2, -0.15) is 0 Å². The van der Waals surface area contributed by atoms with Gasteiger partial charge in [0.2, 0.25) is 0 Å². The van der Waals surface area contributed by atoms with Gasteiger partial charge < -0.3 is 5.32 Å². The summed E-state index contributed by atoms with van der Waals surface area (Å²) in [6.45, 7) is 8.11. The summed E-state index contributed by atoms with van der Waals surface area (Å²) in [4.78, 5) is 0. The minimum Gasteiger partial charge on any atom is -0.314 e. The van der Waals surface area contributed by atoms with Gasteiger partial charge >= 0.3 is 0 Å². The van der Waals surface area contributed by atoms with Crippen molar-refractivity contribution in [2.75, 3.05) is 6.54 Å². The molecule has 92 valence electrons. The zero-order valence-electron chi connectivity index (χ0n) is 11.2. The third-order valence-corrected chi connectivity index (χ3v) is 4.14. The minimum absolute atomic E-state index is 0.486. The maximum Gasteiger partial charge on any atom is 0.0109 e. The molecule has 1 N–H and O–H groups in total. The van der Waals surface area contributed by atoms with Crippen molar-refractivity contribution >= 4 is 0 Å². The first-order valence-corrected chi connectivity index (χ1v) is 6.78. The van der Waals surface area contributed by atoms with E-state index in [0.717, 1.165) is 25.3 Å². The molecule has 1 aliphatic carbocycles. The highest BCUT2D eigenvalue weighted by atomic mass is 14.9. The van der Waals surface area contributed by atoms with E-state index in [1.807, 2.05) is 0 Å². The molecular formula is C15H27N. The molecular weight excluding hydrogens is 194 g/mol. The van der Waals surface area contributed by atoms with E-state index in [2.05, 4.69) is 32.0 Å². The quantitative estimate of drug-likeness (QED) is 0.700. The zero-order chi connectivity index (χ0) is 12.0. The molecule has 0 aromatic rings. The molecule has 2 unspecified atom stereocenters. The lowest BCUT2D eigenvalue weighted by atomic mass is 9.65. The SMILES string of the molecule is C#CCCC(NCC)C1CCCCC1(C)C. The Morgan fingerprint density at radius 1 is 1.44 bits per heavy atom. The molecule has 0 bridgehead atoms. The smallest absolute Gasteiger partial charge is 0.0109 e. The van der Waals surface area contributed by atoms with Gasteiger partial charge in [-0.05, 0) is 37.1 Å². The van der Waals surface area contributed by atoms with Crippen LogP contribution in [-0.4, -0.2) is 12.6 Å². The largest absolute Gasteiger partial charge is 0.314 e. The van der Waals surface area contributed by atoms with Crippen molar-refractivity contribution in [3.05, 3.63) is 0 Å². The van der Waals surface area contributed by atoms with E-state index in [9.17, 15) is 0 Å². The molecule has 0 aromatic heterocycles. The molecule has 0 heterocycles. The van der Waals surface area contributed by atoms with Crippen molar-refractivity contribution in [2.45, 2.75) is 65.3 Å². The molecule has 0 aliphatic heterocycles. The predicted octanol–water partition coefficient (Wildman–Crippen LogP) is 3.59. The standard InChI is InChI=1S/C15H27N/c1-5-7-11-14(16-6-2)13-10-8-9-12-15(13,3)4/h1,13-14,16H,6-12H2,2-4H3. The van der Waals surface area contributed by atoms with Gasteiger partial charge in [-0.3, -0.25) is 0 Å². The van der Waals surface area contributed by atoms with Crippen molar-refractivity contribution in [1.29, 1.82) is 0 Å². The molecule has 1 fully saturated rings. The van der Waals surface area contributed by atoms with E-state index in [1.54, 1.807) is 0 Å². The maximum atomic E-state index is 5.39. The Morgan fingerprint density at radius 2 is 2.19 bits per heavy atom. The van der Waals surface area contributed by atoms with Crippen LogP contribution in [0.1, 0.15) is 59.3 Å². The van der Waals surface area contributed by atoms with Crippen LogP contribution in [0.4, 0.5) is 0 Å². The van der Waals surface area contributed by atoms with Crippen LogP contribution in [0, 0.1) is 23.7 Å². The molecule has 0 amide bonds. The Kier molecular flexibility index (Phi) is 5.35. The van der Waals surface area contributed by atoms with Gasteiger partial charge in [0.05, 0.1) is 0 Å². The molecule has 0 radical (unpaired) electrons. The van der Waals surface area contributed by atoms with Gasteiger partial charge in [0.25, 0.3) is 0 Å². The Morgan fingerprint density at radius 3 is 2.75 bits per heavy atom. The van der Waals surface area contributed by atoms with Gasteiger partial charge in [-0.25, -0.2) is 0 Å². The summed E-state index contributed by atoms with van der Waals surface area (Å²) in [5.74, 6) is 3.58. The van der Waals surface area contributed by atoms with Crippen molar-refractivity contribution in [2.24, 2.45) is 11.3 Å². The van der Waals surface area contributed by atoms with Crippen LogP contribution < -0.4 is 5.32 Å². The number of nitrogens with one attached hydrogen (secondary N) is 1. The lowest BCUT2D eigenvalue weighted by Gasteiger charge is -2.43. The number of terminal acetylenes is 1. The lowest BCUT2D eigenvalue weighted by Crippen LogP contribution is -2.44. The summed E-state index contributed by atoms with van der Waals surface area (Å²) in [5, 5.41) is 3.65. The molecule has 0 spiro atoms. The summed E-state index contributed by atoms with van der Waals surface area (Å²) >= 11 is 0. The van der Waals surface area contributed by atoms with Crippen LogP contribution >= 0.6 is 0 Å². The van der Waals surface area contributed by atoms with Crippen molar-refractivity contribution in [3.8, 4) is 12.3 Å². The highest BCUT2D eigenvalue weighted by Gasteiger charge is 2.36. The van der Waals surface area contributed by atoms with Crippen LogP contribution in [-0.2, 0) is 0 Å². The Bertz CT molecular complexity index is 236. The molecule has 2 atom stereocenters. The van der Waals surface area contributed by atoms with Gasteiger partial charge in [-0.1, -0.05) is 33.6 Å². The average molecular weight is 221 g/mol. The Balaban J connectivity index is 2.63. The molecule has 1 saturated carbocycles. The third-order valence-electron chi connectivity index (χ3n) is 4.14. The second kappa shape index (κ2) is 6.30. The van der Waals surface area contributed by atoms with Crippen LogP contribution in [0.25, 0.3) is 0 Å². The Hall–Kier alpha value is -0.480. The van der Waals surface area contributed by atoms with Crippen LogP contribution in [0.5, 0.6) is 0 Å². The third kappa shape index (κ3) is 3.52. The van der Waals surface area contributed by atoms with E-state index in [1.165, 1.54) is 25.7 Å². The fraction of sp³-hybridized carbons (Fsp3) is 0.867. The van der Waals surface area contributed by atoms with Crippen molar-refractivity contribution in [1.82, 2.24) is 5.32 Å². The molecule has 1 aliphatic rings. The highest BCUT2D eigenvalue weighted by Crippen LogP contribution is 2.43. The molecule has 1 rings (SSSR count). The van der Waals surface area contributed by atoms with Gasteiger partial charge in [0.1, 0.15) is 0 Å². The summed E-state index contributed by atoms with van der Waals surface area (Å²) < 4.78 is 0. The van der Waals surface area contributed by atoms with Gasteiger partial charge in [0, 0.05) is 12.5 Å². The fourth-order valence-corrected chi connectivity index (χ4v) is 3.21. The zero-order valence-corrected chi connectivity index (χ0v) is 11.2. The second-order valence-corrected chi connectivity index (χ2v) is 5.75. The van der Waals surface area contributed by atoms with Crippen LogP contribution in [0.3, 0.4) is 0 Å². The fourth-order valence-electron chi connectivity index (χ4n) is 3.21.